The number of ether oxygens (including phenoxy) is 2. The van der Waals surface area contributed by atoms with Crippen LogP contribution in [-0.4, -0.2) is 31.8 Å². The smallest absolute Gasteiger partial charge is 0.343 e. The first-order valence-electron chi connectivity index (χ1n) is 6.87. The largest absolute Gasteiger partial charge is 0.482 e. The SMILES string of the molecule is COC(=O)COc1cccc(/C=N\NC(=O)c2ccccc2)c1. The van der Waals surface area contributed by atoms with Crippen molar-refractivity contribution < 1.29 is 19.1 Å². The lowest BCUT2D eigenvalue weighted by atomic mass is 10.2. The van der Waals surface area contributed by atoms with E-state index >= 15 is 0 Å². The summed E-state index contributed by atoms with van der Waals surface area (Å²) < 4.78 is 9.77. The minimum atomic E-state index is -0.459. The van der Waals surface area contributed by atoms with E-state index in [0.29, 0.717) is 11.3 Å². The van der Waals surface area contributed by atoms with Crippen molar-refractivity contribution in [3.05, 3.63) is 65.7 Å². The second kappa shape index (κ2) is 8.33. The fourth-order valence-corrected chi connectivity index (χ4v) is 1.71. The first-order valence-corrected chi connectivity index (χ1v) is 6.87. The Morgan fingerprint density at radius 1 is 1.13 bits per heavy atom. The topological polar surface area (TPSA) is 77.0 Å². The molecule has 0 saturated carbocycles. The van der Waals surface area contributed by atoms with E-state index in [2.05, 4.69) is 15.3 Å². The maximum absolute atomic E-state index is 11.8. The lowest BCUT2D eigenvalue weighted by molar-refractivity contribution is -0.142. The van der Waals surface area contributed by atoms with Crippen LogP contribution >= 0.6 is 0 Å². The Morgan fingerprint density at radius 2 is 1.91 bits per heavy atom. The summed E-state index contributed by atoms with van der Waals surface area (Å²) in [4.78, 5) is 22.8. The molecule has 6 nitrogen and oxygen atoms in total. The van der Waals surface area contributed by atoms with E-state index in [1.807, 2.05) is 6.07 Å². The molecule has 0 saturated heterocycles. The average Bonchev–Trinajstić information content (AvgIpc) is 2.60. The van der Waals surface area contributed by atoms with E-state index < -0.39 is 5.97 Å². The first kappa shape index (κ1) is 16.2. The van der Waals surface area contributed by atoms with Crippen LogP contribution in [0.5, 0.6) is 5.75 Å². The summed E-state index contributed by atoms with van der Waals surface area (Å²) in [6.45, 7) is -0.165. The van der Waals surface area contributed by atoms with Crippen LogP contribution in [0.2, 0.25) is 0 Å². The number of carbonyl (C=O) groups is 2. The number of rotatable bonds is 6. The summed E-state index contributed by atoms with van der Waals surface area (Å²) in [7, 11) is 1.30. The van der Waals surface area contributed by atoms with E-state index in [4.69, 9.17) is 4.74 Å². The molecule has 2 aromatic carbocycles. The van der Waals surface area contributed by atoms with Crippen molar-refractivity contribution >= 4 is 18.1 Å². The minimum Gasteiger partial charge on any atom is -0.482 e. The third kappa shape index (κ3) is 5.28. The molecule has 23 heavy (non-hydrogen) atoms. The van der Waals surface area contributed by atoms with Gasteiger partial charge < -0.3 is 9.47 Å². The zero-order chi connectivity index (χ0) is 16.5. The number of carbonyl (C=O) groups excluding carboxylic acids is 2. The van der Waals surface area contributed by atoms with Crippen molar-refractivity contribution in [1.29, 1.82) is 0 Å². The van der Waals surface area contributed by atoms with Crippen LogP contribution in [-0.2, 0) is 9.53 Å². The Labute approximate surface area is 133 Å². The van der Waals surface area contributed by atoms with Gasteiger partial charge in [-0.05, 0) is 29.8 Å². The summed E-state index contributed by atoms with van der Waals surface area (Å²) in [5.74, 6) is -0.243. The number of hydrogen-bond donors (Lipinski definition) is 1. The predicted octanol–water partition coefficient (Wildman–Crippen LogP) is 2.00. The number of methoxy groups -OCH3 is 1. The maximum Gasteiger partial charge on any atom is 0.343 e. The fourth-order valence-electron chi connectivity index (χ4n) is 1.71. The zero-order valence-electron chi connectivity index (χ0n) is 12.6. The molecule has 0 heterocycles. The third-order valence-corrected chi connectivity index (χ3v) is 2.86. The molecule has 0 aliphatic rings. The average molecular weight is 312 g/mol. The molecular weight excluding hydrogens is 296 g/mol. The molecule has 1 N–H and O–H groups in total. The van der Waals surface area contributed by atoms with Crippen molar-refractivity contribution in [3.63, 3.8) is 0 Å². The Hall–Kier alpha value is -3.15. The van der Waals surface area contributed by atoms with Crippen LogP contribution < -0.4 is 10.2 Å². The minimum absolute atomic E-state index is 0.165. The second-order valence-electron chi connectivity index (χ2n) is 4.50. The monoisotopic (exact) mass is 312 g/mol. The zero-order valence-corrected chi connectivity index (χ0v) is 12.6. The number of esters is 1. The van der Waals surface area contributed by atoms with Crippen LogP contribution in [0.25, 0.3) is 0 Å². The van der Waals surface area contributed by atoms with Crippen LogP contribution in [0.1, 0.15) is 15.9 Å². The lowest BCUT2D eigenvalue weighted by Crippen LogP contribution is -2.17. The molecule has 6 heteroatoms. The maximum atomic E-state index is 11.8. The summed E-state index contributed by atoms with van der Waals surface area (Å²) in [5.41, 5.74) is 3.69. The number of hydrogen-bond acceptors (Lipinski definition) is 5. The van der Waals surface area contributed by atoms with Gasteiger partial charge in [-0.25, -0.2) is 10.2 Å². The van der Waals surface area contributed by atoms with E-state index in [1.54, 1.807) is 48.5 Å². The van der Waals surface area contributed by atoms with Gasteiger partial charge in [0.15, 0.2) is 6.61 Å². The van der Waals surface area contributed by atoms with Crippen LogP contribution in [0.15, 0.2) is 59.7 Å². The van der Waals surface area contributed by atoms with Gasteiger partial charge >= 0.3 is 5.97 Å². The van der Waals surface area contributed by atoms with Crippen molar-refractivity contribution in [3.8, 4) is 5.75 Å². The van der Waals surface area contributed by atoms with Gasteiger partial charge in [-0.15, -0.1) is 0 Å². The van der Waals surface area contributed by atoms with E-state index in [1.165, 1.54) is 13.3 Å². The highest BCUT2D eigenvalue weighted by atomic mass is 16.6. The number of benzene rings is 2. The van der Waals surface area contributed by atoms with Crippen molar-refractivity contribution in [2.75, 3.05) is 13.7 Å². The van der Waals surface area contributed by atoms with Crippen molar-refractivity contribution in [1.82, 2.24) is 5.43 Å². The number of nitrogens with one attached hydrogen (secondary N) is 1. The molecular formula is C17H16N2O4. The molecule has 0 radical (unpaired) electrons. The molecule has 118 valence electrons. The van der Waals surface area contributed by atoms with E-state index in [0.717, 1.165) is 5.56 Å². The van der Waals surface area contributed by atoms with Gasteiger partial charge in [0.05, 0.1) is 13.3 Å². The molecule has 0 aliphatic carbocycles. The predicted molar refractivity (Wildman–Crippen MR) is 85.5 cm³/mol. The van der Waals surface area contributed by atoms with Gasteiger partial charge in [0.1, 0.15) is 5.75 Å². The Bertz CT molecular complexity index is 699. The van der Waals surface area contributed by atoms with E-state index in [9.17, 15) is 9.59 Å². The molecule has 2 rings (SSSR count). The molecule has 0 bridgehead atoms. The molecule has 0 unspecified atom stereocenters. The van der Waals surface area contributed by atoms with Gasteiger partial charge in [-0.2, -0.15) is 5.10 Å². The summed E-state index contributed by atoms with van der Waals surface area (Å²) in [5, 5.41) is 3.90. The standard InChI is InChI=1S/C17H16N2O4/c1-22-16(20)12-23-15-9-5-6-13(10-15)11-18-19-17(21)14-7-3-2-4-8-14/h2-11H,12H2,1H3,(H,19,21)/b18-11-. The Kier molecular flexibility index (Phi) is 5.88. The van der Waals surface area contributed by atoms with Crippen LogP contribution in [0.4, 0.5) is 0 Å². The number of amides is 1. The fraction of sp³-hybridized carbons (Fsp3) is 0.118. The Morgan fingerprint density at radius 3 is 2.65 bits per heavy atom. The molecule has 0 fully saturated rings. The van der Waals surface area contributed by atoms with Crippen LogP contribution in [0.3, 0.4) is 0 Å². The molecule has 1 amide bonds. The molecule has 0 aromatic heterocycles. The third-order valence-electron chi connectivity index (χ3n) is 2.86. The van der Waals surface area contributed by atoms with Gasteiger partial charge in [-0.3, -0.25) is 4.79 Å². The first-order chi connectivity index (χ1) is 11.2. The van der Waals surface area contributed by atoms with Gasteiger partial charge in [0.2, 0.25) is 0 Å². The molecule has 0 spiro atoms. The van der Waals surface area contributed by atoms with Crippen molar-refractivity contribution in [2.45, 2.75) is 0 Å². The highest BCUT2D eigenvalue weighted by Gasteiger charge is 2.03. The lowest BCUT2D eigenvalue weighted by Gasteiger charge is -2.05. The number of hydrazone groups is 1. The van der Waals surface area contributed by atoms with Gasteiger partial charge in [-0.1, -0.05) is 30.3 Å². The van der Waals surface area contributed by atoms with Crippen molar-refractivity contribution in [2.24, 2.45) is 5.10 Å². The summed E-state index contributed by atoms with van der Waals surface area (Å²) >= 11 is 0. The Balaban J connectivity index is 1.92. The summed E-state index contributed by atoms with van der Waals surface area (Å²) in [6, 6.07) is 15.7. The highest BCUT2D eigenvalue weighted by Crippen LogP contribution is 2.12. The quantitative estimate of drug-likeness (QED) is 0.503. The van der Waals surface area contributed by atoms with Gasteiger partial charge in [0, 0.05) is 5.56 Å². The van der Waals surface area contributed by atoms with E-state index in [-0.39, 0.29) is 12.5 Å². The molecule has 0 aliphatic heterocycles. The normalized spacial score (nSPS) is 10.3. The van der Waals surface area contributed by atoms with Crippen LogP contribution in [0, 0.1) is 0 Å². The second-order valence-corrected chi connectivity index (χ2v) is 4.50. The highest BCUT2D eigenvalue weighted by molar-refractivity contribution is 5.94. The molecule has 2 aromatic rings. The summed E-state index contributed by atoms with van der Waals surface area (Å²) in [6.07, 6.45) is 1.49. The molecule has 0 atom stereocenters. The number of nitrogens with zero attached hydrogens (tertiary/aromatic N) is 1. The van der Waals surface area contributed by atoms with Gasteiger partial charge in [0.25, 0.3) is 5.91 Å².